The molecule has 2 amide bonds. The van der Waals surface area contributed by atoms with Crippen LogP contribution < -0.4 is 10.6 Å². The number of hydrogen-bond donors (Lipinski definition) is 3. The Morgan fingerprint density at radius 2 is 1.91 bits per heavy atom. The maximum atomic E-state index is 11.8. The molecule has 1 saturated heterocycles. The molecule has 8 nitrogen and oxygen atoms in total. The van der Waals surface area contributed by atoms with Crippen molar-refractivity contribution in [1.82, 2.24) is 15.5 Å². The summed E-state index contributed by atoms with van der Waals surface area (Å²) >= 11 is 0. The zero-order valence-electron chi connectivity index (χ0n) is 13.2. The first kappa shape index (κ1) is 17.5. The Labute approximate surface area is 134 Å². The molecule has 0 radical (unpaired) electrons. The minimum absolute atomic E-state index is 0.0390. The molecule has 0 bridgehead atoms. The summed E-state index contributed by atoms with van der Waals surface area (Å²) in [5.74, 6) is -0.752. The lowest BCUT2D eigenvalue weighted by atomic mass is 10.1. The SMILES string of the molecule is C[C@H](O)CNC(=O)C(=O)NC[C@@H](c1ccco1)N1CCOCC1. The van der Waals surface area contributed by atoms with Crippen LogP contribution in [-0.2, 0) is 14.3 Å². The molecule has 0 spiro atoms. The predicted molar refractivity (Wildman–Crippen MR) is 81.5 cm³/mol. The van der Waals surface area contributed by atoms with Gasteiger partial charge in [-0.3, -0.25) is 14.5 Å². The van der Waals surface area contributed by atoms with E-state index in [9.17, 15) is 9.59 Å². The third-order valence-corrected chi connectivity index (χ3v) is 3.58. The normalized spacial score (nSPS) is 18.2. The molecule has 1 aromatic rings. The summed E-state index contributed by atoms with van der Waals surface area (Å²) in [4.78, 5) is 25.6. The van der Waals surface area contributed by atoms with Crippen LogP contribution in [0.1, 0.15) is 18.7 Å². The molecule has 0 saturated carbocycles. The van der Waals surface area contributed by atoms with Crippen LogP contribution in [0.2, 0.25) is 0 Å². The minimum Gasteiger partial charge on any atom is -0.468 e. The van der Waals surface area contributed by atoms with Crippen LogP contribution in [0.3, 0.4) is 0 Å². The second-order valence-corrected chi connectivity index (χ2v) is 5.45. The van der Waals surface area contributed by atoms with Crippen molar-refractivity contribution < 1.29 is 23.8 Å². The van der Waals surface area contributed by atoms with E-state index in [4.69, 9.17) is 14.3 Å². The molecule has 128 valence electrons. The van der Waals surface area contributed by atoms with Gasteiger partial charge >= 0.3 is 11.8 Å². The van der Waals surface area contributed by atoms with Crippen LogP contribution in [0.4, 0.5) is 0 Å². The first-order chi connectivity index (χ1) is 11.1. The molecule has 1 fully saturated rings. The summed E-state index contributed by atoms with van der Waals surface area (Å²) in [5, 5.41) is 14.1. The molecule has 1 aliphatic rings. The van der Waals surface area contributed by atoms with Gasteiger partial charge in [-0.2, -0.15) is 0 Å². The fourth-order valence-electron chi connectivity index (χ4n) is 2.37. The van der Waals surface area contributed by atoms with Crippen LogP contribution in [0.25, 0.3) is 0 Å². The first-order valence-corrected chi connectivity index (χ1v) is 7.67. The molecule has 0 aromatic carbocycles. The third kappa shape index (κ3) is 5.34. The Morgan fingerprint density at radius 3 is 2.48 bits per heavy atom. The third-order valence-electron chi connectivity index (χ3n) is 3.58. The Morgan fingerprint density at radius 1 is 1.26 bits per heavy atom. The van der Waals surface area contributed by atoms with E-state index in [1.54, 1.807) is 12.3 Å². The number of nitrogens with one attached hydrogen (secondary N) is 2. The topological polar surface area (TPSA) is 104 Å². The molecule has 8 heteroatoms. The average Bonchev–Trinajstić information content (AvgIpc) is 3.07. The standard InChI is InChI=1S/C15H23N3O5/c1-11(19)9-16-14(20)15(21)17-10-12(13-3-2-6-23-13)18-4-7-22-8-5-18/h2-3,6,11-12,19H,4-5,7-10H2,1H3,(H,16,20)(H,17,21)/t11-,12-/m0/s1. The maximum Gasteiger partial charge on any atom is 0.309 e. The smallest absolute Gasteiger partial charge is 0.309 e. The molecule has 23 heavy (non-hydrogen) atoms. The van der Waals surface area contributed by atoms with Crippen molar-refractivity contribution in [2.45, 2.75) is 19.1 Å². The maximum absolute atomic E-state index is 11.8. The van der Waals surface area contributed by atoms with Gasteiger partial charge in [0.15, 0.2) is 0 Å². The van der Waals surface area contributed by atoms with Gasteiger partial charge in [-0.1, -0.05) is 0 Å². The molecule has 2 atom stereocenters. The lowest BCUT2D eigenvalue weighted by molar-refractivity contribution is -0.139. The van der Waals surface area contributed by atoms with E-state index in [-0.39, 0.29) is 19.1 Å². The second kappa shape index (κ2) is 8.66. The van der Waals surface area contributed by atoms with Crippen LogP contribution in [0, 0.1) is 0 Å². The number of ether oxygens (including phenoxy) is 1. The van der Waals surface area contributed by atoms with Crippen molar-refractivity contribution in [3.8, 4) is 0 Å². The highest BCUT2D eigenvalue weighted by molar-refractivity contribution is 6.35. The van der Waals surface area contributed by atoms with Crippen molar-refractivity contribution in [2.75, 3.05) is 39.4 Å². The van der Waals surface area contributed by atoms with Crippen molar-refractivity contribution in [2.24, 2.45) is 0 Å². The molecular formula is C15H23N3O5. The minimum atomic E-state index is -0.758. The molecule has 1 aliphatic heterocycles. The van der Waals surface area contributed by atoms with E-state index in [1.807, 2.05) is 6.07 Å². The van der Waals surface area contributed by atoms with Crippen molar-refractivity contribution in [3.05, 3.63) is 24.2 Å². The van der Waals surface area contributed by atoms with Gasteiger partial charge in [0.1, 0.15) is 5.76 Å². The summed E-state index contributed by atoms with van der Waals surface area (Å²) < 4.78 is 10.8. The molecule has 2 heterocycles. The summed E-state index contributed by atoms with van der Waals surface area (Å²) in [7, 11) is 0. The number of hydrogen-bond acceptors (Lipinski definition) is 6. The van der Waals surface area contributed by atoms with Gasteiger partial charge in [-0.05, 0) is 19.1 Å². The van der Waals surface area contributed by atoms with E-state index >= 15 is 0 Å². The van der Waals surface area contributed by atoms with Crippen molar-refractivity contribution in [3.63, 3.8) is 0 Å². The fraction of sp³-hybridized carbons (Fsp3) is 0.600. The molecule has 2 rings (SSSR count). The number of rotatable bonds is 6. The van der Waals surface area contributed by atoms with E-state index in [2.05, 4.69) is 15.5 Å². The molecule has 1 aromatic heterocycles. The molecular weight excluding hydrogens is 302 g/mol. The lowest BCUT2D eigenvalue weighted by Gasteiger charge is -2.33. The molecule has 0 unspecified atom stereocenters. The molecule has 3 N–H and O–H groups in total. The van der Waals surface area contributed by atoms with Crippen LogP contribution in [-0.4, -0.2) is 67.3 Å². The second-order valence-electron chi connectivity index (χ2n) is 5.45. The predicted octanol–water partition coefficient (Wildman–Crippen LogP) is -0.734. The van der Waals surface area contributed by atoms with Gasteiger partial charge in [0.05, 0.1) is 31.6 Å². The van der Waals surface area contributed by atoms with E-state index in [0.29, 0.717) is 13.2 Å². The quantitative estimate of drug-likeness (QED) is 0.596. The van der Waals surface area contributed by atoms with Gasteiger partial charge in [-0.15, -0.1) is 0 Å². The van der Waals surface area contributed by atoms with Gasteiger partial charge in [0.2, 0.25) is 0 Å². The van der Waals surface area contributed by atoms with E-state index in [0.717, 1.165) is 18.8 Å². The van der Waals surface area contributed by atoms with Gasteiger partial charge in [0.25, 0.3) is 0 Å². The van der Waals surface area contributed by atoms with E-state index in [1.165, 1.54) is 6.92 Å². The summed E-state index contributed by atoms with van der Waals surface area (Å²) in [6.45, 7) is 4.54. The Hall–Kier alpha value is -1.90. The summed E-state index contributed by atoms with van der Waals surface area (Å²) in [5.41, 5.74) is 0. The number of aliphatic hydroxyl groups excluding tert-OH is 1. The average molecular weight is 325 g/mol. The zero-order valence-corrected chi connectivity index (χ0v) is 13.2. The number of carbonyl (C=O) groups excluding carboxylic acids is 2. The highest BCUT2D eigenvalue weighted by Crippen LogP contribution is 2.21. The largest absolute Gasteiger partial charge is 0.468 e. The van der Waals surface area contributed by atoms with Crippen molar-refractivity contribution in [1.29, 1.82) is 0 Å². The lowest BCUT2D eigenvalue weighted by Crippen LogP contribution is -2.47. The van der Waals surface area contributed by atoms with Crippen LogP contribution >= 0.6 is 0 Å². The Kier molecular flexibility index (Phi) is 6.57. The summed E-state index contributed by atoms with van der Waals surface area (Å²) in [6.07, 6.45) is 0.885. The summed E-state index contributed by atoms with van der Waals surface area (Å²) in [6, 6.07) is 3.49. The number of morpholine rings is 1. The van der Waals surface area contributed by atoms with Crippen molar-refractivity contribution >= 4 is 11.8 Å². The number of carbonyl (C=O) groups is 2. The number of furan rings is 1. The van der Waals surface area contributed by atoms with Crippen LogP contribution in [0.5, 0.6) is 0 Å². The fourth-order valence-corrected chi connectivity index (χ4v) is 2.37. The zero-order chi connectivity index (χ0) is 16.7. The Bertz CT molecular complexity index is 497. The number of aliphatic hydroxyl groups is 1. The van der Waals surface area contributed by atoms with Gasteiger partial charge in [-0.25, -0.2) is 0 Å². The highest BCUT2D eigenvalue weighted by Gasteiger charge is 2.26. The van der Waals surface area contributed by atoms with E-state index < -0.39 is 17.9 Å². The molecule has 0 aliphatic carbocycles. The highest BCUT2D eigenvalue weighted by atomic mass is 16.5. The number of nitrogens with zero attached hydrogens (tertiary/aromatic N) is 1. The first-order valence-electron chi connectivity index (χ1n) is 7.67. The monoisotopic (exact) mass is 325 g/mol. The Balaban J connectivity index is 1.90. The van der Waals surface area contributed by atoms with Gasteiger partial charge in [0, 0.05) is 26.2 Å². The van der Waals surface area contributed by atoms with Crippen LogP contribution in [0.15, 0.2) is 22.8 Å². The van der Waals surface area contributed by atoms with Gasteiger partial charge < -0.3 is 24.9 Å². The number of amides is 2.